The molecule has 2 N–H and O–H groups in total. The van der Waals surface area contributed by atoms with Crippen LogP contribution >= 0.6 is 7.60 Å². The number of ether oxygens (including phenoxy) is 1. The molecule has 0 aromatic heterocycles. The van der Waals surface area contributed by atoms with Gasteiger partial charge < -0.3 is 14.5 Å². The Hall–Kier alpha value is -0.830. The van der Waals surface area contributed by atoms with Crippen molar-refractivity contribution in [2.45, 2.75) is 6.42 Å². The van der Waals surface area contributed by atoms with Crippen LogP contribution in [0.25, 0.3) is 0 Å². The second kappa shape index (κ2) is 4.60. The third-order valence-electron chi connectivity index (χ3n) is 1.85. The molecule has 0 fully saturated rings. The zero-order valence-corrected chi connectivity index (χ0v) is 8.78. The minimum absolute atomic E-state index is 0.112. The van der Waals surface area contributed by atoms with Gasteiger partial charge in [0, 0.05) is 0 Å². The molecule has 0 amide bonds. The first kappa shape index (κ1) is 11.2. The molecule has 0 unspecified atom stereocenters. The highest BCUT2D eigenvalue weighted by molar-refractivity contribution is 7.51. The van der Waals surface area contributed by atoms with Gasteiger partial charge in [-0.1, -0.05) is 12.1 Å². The first-order valence-electron chi connectivity index (χ1n) is 4.19. The summed E-state index contributed by atoms with van der Waals surface area (Å²) in [6.07, 6.45) is 0.271. The highest BCUT2D eigenvalue weighted by atomic mass is 31.2. The molecule has 0 saturated heterocycles. The second-order valence-corrected chi connectivity index (χ2v) is 4.76. The van der Waals surface area contributed by atoms with Gasteiger partial charge in [-0.15, -0.1) is 0 Å². The summed E-state index contributed by atoms with van der Waals surface area (Å²) in [5.74, 6) is 0.741. The molecule has 0 aliphatic heterocycles. The smallest absolute Gasteiger partial charge is 0.325 e. The standard InChI is InChI=1S/C9H13O4P/c1-13-9-4-2-8(3-5-9)6-7-14(10,11)12/h2-5H,6-7H2,1H3,(H2,10,11,12). The van der Waals surface area contributed by atoms with E-state index in [-0.39, 0.29) is 6.16 Å². The number of benzene rings is 1. The molecule has 1 rings (SSSR count). The second-order valence-electron chi connectivity index (χ2n) is 2.99. The van der Waals surface area contributed by atoms with Crippen LogP contribution in [0.1, 0.15) is 5.56 Å². The van der Waals surface area contributed by atoms with E-state index >= 15 is 0 Å². The van der Waals surface area contributed by atoms with Crippen LogP contribution < -0.4 is 4.74 Å². The predicted octanol–water partition coefficient (Wildman–Crippen LogP) is 1.42. The van der Waals surface area contributed by atoms with E-state index < -0.39 is 7.60 Å². The number of rotatable bonds is 4. The minimum Gasteiger partial charge on any atom is -0.497 e. The van der Waals surface area contributed by atoms with Gasteiger partial charge in [-0.05, 0) is 24.1 Å². The van der Waals surface area contributed by atoms with E-state index in [4.69, 9.17) is 14.5 Å². The molecule has 0 atom stereocenters. The number of methoxy groups -OCH3 is 1. The Morgan fingerprint density at radius 2 is 1.86 bits per heavy atom. The molecule has 0 spiro atoms. The van der Waals surface area contributed by atoms with Gasteiger partial charge in [0.15, 0.2) is 0 Å². The molecule has 14 heavy (non-hydrogen) atoms. The lowest BCUT2D eigenvalue weighted by Gasteiger charge is -2.04. The van der Waals surface area contributed by atoms with Crippen molar-refractivity contribution in [1.29, 1.82) is 0 Å². The zero-order chi connectivity index (χ0) is 10.6. The van der Waals surface area contributed by atoms with Crippen molar-refractivity contribution in [2.75, 3.05) is 13.3 Å². The van der Waals surface area contributed by atoms with E-state index in [9.17, 15) is 4.57 Å². The summed E-state index contributed by atoms with van der Waals surface area (Å²) in [5, 5.41) is 0. The van der Waals surface area contributed by atoms with E-state index in [1.54, 1.807) is 31.4 Å². The van der Waals surface area contributed by atoms with Crippen LogP contribution in [0.3, 0.4) is 0 Å². The number of hydrogen-bond acceptors (Lipinski definition) is 2. The summed E-state index contributed by atoms with van der Waals surface area (Å²) >= 11 is 0. The molecule has 5 heteroatoms. The molecular formula is C9H13O4P. The molecule has 78 valence electrons. The SMILES string of the molecule is COc1ccc(CCP(=O)(O)O)cc1. The molecule has 0 heterocycles. The molecule has 4 nitrogen and oxygen atoms in total. The van der Waals surface area contributed by atoms with Gasteiger partial charge in [-0.3, -0.25) is 4.57 Å². The van der Waals surface area contributed by atoms with E-state index in [1.807, 2.05) is 0 Å². The van der Waals surface area contributed by atoms with Gasteiger partial charge in [-0.25, -0.2) is 0 Å². The Bertz CT molecular complexity index is 327. The Balaban J connectivity index is 2.56. The summed E-state index contributed by atoms with van der Waals surface area (Å²) in [6.45, 7) is 0. The third-order valence-corrected chi connectivity index (χ3v) is 2.66. The van der Waals surface area contributed by atoms with E-state index in [0.29, 0.717) is 6.42 Å². The third kappa shape index (κ3) is 3.92. The van der Waals surface area contributed by atoms with Crippen molar-refractivity contribution in [2.24, 2.45) is 0 Å². The quantitative estimate of drug-likeness (QED) is 0.747. The fraction of sp³-hybridized carbons (Fsp3) is 0.333. The first-order valence-corrected chi connectivity index (χ1v) is 5.98. The van der Waals surface area contributed by atoms with Crippen LogP contribution in [-0.4, -0.2) is 23.1 Å². The average molecular weight is 216 g/mol. The lowest BCUT2D eigenvalue weighted by molar-refractivity contribution is 0.373. The normalized spacial score (nSPS) is 11.4. The molecule has 0 bridgehead atoms. The van der Waals surface area contributed by atoms with Crippen molar-refractivity contribution in [3.05, 3.63) is 29.8 Å². The van der Waals surface area contributed by atoms with E-state index in [2.05, 4.69) is 0 Å². The highest BCUT2D eigenvalue weighted by Crippen LogP contribution is 2.34. The summed E-state index contributed by atoms with van der Waals surface area (Å²) in [7, 11) is -2.31. The molecule has 0 aliphatic rings. The zero-order valence-electron chi connectivity index (χ0n) is 7.88. The van der Waals surface area contributed by atoms with Crippen LogP contribution in [0.15, 0.2) is 24.3 Å². The van der Waals surface area contributed by atoms with Gasteiger partial charge in [0.25, 0.3) is 0 Å². The topological polar surface area (TPSA) is 66.8 Å². The van der Waals surface area contributed by atoms with Crippen molar-refractivity contribution < 1.29 is 19.1 Å². The van der Waals surface area contributed by atoms with Gasteiger partial charge in [0.05, 0.1) is 13.3 Å². The Kier molecular flexibility index (Phi) is 3.69. The maximum absolute atomic E-state index is 10.6. The maximum Gasteiger partial charge on any atom is 0.325 e. The summed E-state index contributed by atoms with van der Waals surface area (Å²) in [6, 6.07) is 7.15. The van der Waals surface area contributed by atoms with Crippen LogP contribution in [0.2, 0.25) is 0 Å². The molecular weight excluding hydrogens is 203 g/mol. The monoisotopic (exact) mass is 216 g/mol. The summed E-state index contributed by atoms with van der Waals surface area (Å²) in [5.41, 5.74) is 0.897. The van der Waals surface area contributed by atoms with Gasteiger partial charge in [0.1, 0.15) is 5.75 Å². The summed E-state index contributed by atoms with van der Waals surface area (Å²) < 4.78 is 15.6. The Morgan fingerprint density at radius 1 is 1.29 bits per heavy atom. The Morgan fingerprint density at radius 3 is 2.29 bits per heavy atom. The van der Waals surface area contributed by atoms with Crippen molar-refractivity contribution >= 4 is 7.60 Å². The van der Waals surface area contributed by atoms with E-state index in [1.165, 1.54) is 0 Å². The van der Waals surface area contributed by atoms with Crippen LogP contribution in [-0.2, 0) is 11.0 Å². The summed E-state index contributed by atoms with van der Waals surface area (Å²) in [4.78, 5) is 17.3. The number of aryl methyl sites for hydroxylation is 1. The highest BCUT2D eigenvalue weighted by Gasteiger charge is 2.12. The Labute approximate surface area is 82.7 Å². The van der Waals surface area contributed by atoms with Gasteiger partial charge in [0.2, 0.25) is 0 Å². The van der Waals surface area contributed by atoms with Crippen LogP contribution in [0.4, 0.5) is 0 Å². The molecule has 0 aliphatic carbocycles. The lowest BCUT2D eigenvalue weighted by atomic mass is 10.2. The molecule has 1 aromatic carbocycles. The van der Waals surface area contributed by atoms with Crippen molar-refractivity contribution in [1.82, 2.24) is 0 Å². The van der Waals surface area contributed by atoms with Crippen molar-refractivity contribution in [3.63, 3.8) is 0 Å². The molecule has 1 aromatic rings. The fourth-order valence-corrected chi connectivity index (χ4v) is 1.62. The molecule has 0 saturated carbocycles. The van der Waals surface area contributed by atoms with Gasteiger partial charge >= 0.3 is 7.60 Å². The largest absolute Gasteiger partial charge is 0.497 e. The lowest BCUT2D eigenvalue weighted by Crippen LogP contribution is -1.93. The van der Waals surface area contributed by atoms with Gasteiger partial charge in [-0.2, -0.15) is 0 Å². The molecule has 0 radical (unpaired) electrons. The first-order chi connectivity index (χ1) is 6.51. The predicted molar refractivity (Wildman–Crippen MR) is 53.6 cm³/mol. The van der Waals surface area contributed by atoms with Crippen LogP contribution in [0, 0.1) is 0 Å². The van der Waals surface area contributed by atoms with E-state index in [0.717, 1.165) is 11.3 Å². The average Bonchev–Trinajstić information content (AvgIpc) is 2.14. The maximum atomic E-state index is 10.6. The van der Waals surface area contributed by atoms with Crippen LogP contribution in [0.5, 0.6) is 5.75 Å². The van der Waals surface area contributed by atoms with Crippen molar-refractivity contribution in [3.8, 4) is 5.75 Å². The minimum atomic E-state index is -3.88. The fourth-order valence-electron chi connectivity index (χ4n) is 1.07. The number of hydrogen-bond donors (Lipinski definition) is 2.